The van der Waals surface area contributed by atoms with E-state index in [0.29, 0.717) is 11.7 Å². The smallest absolute Gasteiger partial charge is 0.223 e. The SMILES string of the molecule is Cc1cc(C)sn1.Cc1cc(C)sn1.Cc1ccc(C)s1.Cc1ccsc1C.Cc1ccsc1C.Cc1cnc(C)s1.Cc1cnsc1C.Cc1csc(C)c1.Cc1csc(C)c1.Cc1csc(C)n1.Cc1cscc1C.Cc1csnc1C.Cc1nnc(C)s1.Cc1noc(C)n1.Cc1nsc(C)n1.Cc1nsc(C)n1.Cc1nsnc1C. The summed E-state index contributed by atoms with van der Waals surface area (Å²) in [6, 6.07) is 17.1. The molecule has 646 valence electrons. The summed E-state index contributed by atoms with van der Waals surface area (Å²) in [6.07, 6.45) is 3.78. The molecule has 0 aliphatic carbocycles. The number of aryl methyl sites for hydroxylation is 34. The van der Waals surface area contributed by atoms with Gasteiger partial charge in [0.2, 0.25) is 5.89 Å². The molecule has 0 unspecified atom stereocenters. The predicted octanol–water partition coefficient (Wildman–Crippen LogP) is 30.1. The lowest BCUT2D eigenvalue weighted by Gasteiger charge is -1.79. The van der Waals surface area contributed by atoms with Gasteiger partial charge in [0, 0.05) is 84.5 Å². The maximum atomic E-state index is 4.60. The van der Waals surface area contributed by atoms with Crippen LogP contribution in [0.1, 0.15) is 181 Å². The van der Waals surface area contributed by atoms with E-state index >= 15 is 0 Å². The molecule has 17 rings (SSSR count). The lowest BCUT2D eigenvalue weighted by Crippen LogP contribution is -1.71. The van der Waals surface area contributed by atoms with Crippen LogP contribution in [-0.4, -0.2) is 75.3 Å². The van der Waals surface area contributed by atoms with Gasteiger partial charge < -0.3 is 4.52 Å². The predicted molar refractivity (Wildman–Crippen MR) is 534 cm³/mol. The molecule has 17 aromatic heterocycles. The van der Waals surface area contributed by atoms with Crippen molar-refractivity contribution in [2.75, 3.05) is 0 Å². The van der Waals surface area contributed by atoms with Gasteiger partial charge in [0.25, 0.3) is 0 Å². The average molecular weight is 1910 g/mol. The second kappa shape index (κ2) is 63.3. The van der Waals surface area contributed by atoms with Crippen LogP contribution >= 0.6 is 183 Å². The highest BCUT2D eigenvalue weighted by Gasteiger charge is 1.98. The van der Waals surface area contributed by atoms with E-state index in [0.717, 1.165) is 75.9 Å². The van der Waals surface area contributed by atoms with Gasteiger partial charge in [-0.1, -0.05) is 5.16 Å². The first-order valence-corrected chi connectivity index (χ1v) is 50.5. The van der Waals surface area contributed by atoms with Crippen molar-refractivity contribution in [1.29, 1.82) is 0 Å². The van der Waals surface area contributed by atoms with Crippen molar-refractivity contribution in [1.82, 2.24) is 75.3 Å². The largest absolute Gasteiger partial charge is 0.340 e. The minimum atomic E-state index is 0.623. The molecule has 119 heavy (non-hydrogen) atoms. The third kappa shape index (κ3) is 57.4. The highest BCUT2D eigenvalue weighted by molar-refractivity contribution is 7.13. The number of thiazole rings is 2. The standard InChI is InChI=1S/6C6H8S.6C5H7NS.C4H6N2O.4C4H6N2S/c1-5-3-7-4-6(5)2;2*1-5-3-6(2)7-4-5;2*1-5-3-4-7-6(5)2;1-5-3-4-6(2)7-5;1-4-3-7-5(2)6-4;1-4-3-6-5(2)7-4;1-4-3-7-6-5(4)2;1-4-3-6-7-5(4)2;2*1-4-3-5(2)7-6-4;1-3-5-4(2)7-6-3;1-3-5-6-4(2)7-3;2*1-3-5-4(2)7-6-3;1-3-4(2)6-7-5-3/h6*3-4H,1-2H3;6*3H,1-2H3;5*1-2H3. The van der Waals surface area contributed by atoms with Gasteiger partial charge in [0.05, 0.1) is 50.2 Å². The van der Waals surface area contributed by atoms with Gasteiger partial charge in [0.15, 0.2) is 5.82 Å². The maximum Gasteiger partial charge on any atom is 0.223 e. The molecule has 0 saturated carbocycles. The minimum Gasteiger partial charge on any atom is -0.340 e. The summed E-state index contributed by atoms with van der Waals surface area (Å²) >= 11 is 26.2. The molecule has 17 nitrogen and oxygen atoms in total. The number of hydrogen-bond acceptors (Lipinski definition) is 33. The zero-order chi connectivity index (χ0) is 89.7. The van der Waals surface area contributed by atoms with Crippen LogP contribution in [0.2, 0.25) is 0 Å². The summed E-state index contributed by atoms with van der Waals surface area (Å²) in [6.45, 7) is 69.0. The summed E-state index contributed by atoms with van der Waals surface area (Å²) in [5, 5.41) is 34.5. The van der Waals surface area contributed by atoms with E-state index in [9.17, 15) is 0 Å². The zero-order valence-corrected chi connectivity index (χ0v) is 88.6. The van der Waals surface area contributed by atoms with Crippen molar-refractivity contribution in [3.05, 3.63) is 285 Å². The van der Waals surface area contributed by atoms with Crippen molar-refractivity contribution in [3.8, 4) is 0 Å². The van der Waals surface area contributed by atoms with Gasteiger partial charge in [-0.25, -0.2) is 24.3 Å². The van der Waals surface area contributed by atoms with Crippen molar-refractivity contribution >= 4 is 183 Å². The van der Waals surface area contributed by atoms with E-state index in [1.165, 1.54) is 140 Å². The van der Waals surface area contributed by atoms with Gasteiger partial charge in [-0.05, 0) is 423 Å². The van der Waals surface area contributed by atoms with Gasteiger partial charge in [-0.2, -0.15) is 46.9 Å². The molecule has 0 saturated heterocycles. The molecule has 0 aliphatic rings. The van der Waals surface area contributed by atoms with E-state index in [1.54, 1.807) is 139 Å². The molecule has 33 heteroatoms. The van der Waals surface area contributed by atoms with Crippen LogP contribution in [0.15, 0.2) is 108 Å². The summed E-state index contributed by atoms with van der Waals surface area (Å²) < 4.78 is 36.5. The zero-order valence-electron chi connectivity index (χ0n) is 75.5. The summed E-state index contributed by atoms with van der Waals surface area (Å²) in [5.41, 5.74) is 17.6. The normalized spacial score (nSPS) is 9.43. The van der Waals surface area contributed by atoms with Gasteiger partial charge >= 0.3 is 0 Å². The Morgan fingerprint density at radius 1 is 0.286 bits per heavy atom. The van der Waals surface area contributed by atoms with Crippen LogP contribution < -0.4 is 0 Å². The molecule has 0 aromatic carbocycles. The quantitative estimate of drug-likeness (QED) is 0.138. The molecule has 0 fully saturated rings. The van der Waals surface area contributed by atoms with Crippen LogP contribution in [-0.2, 0) is 0 Å². The van der Waals surface area contributed by atoms with E-state index in [2.05, 4.69) is 296 Å². The molecule has 0 spiro atoms. The Bertz CT molecular complexity index is 4020. The Labute approximate surface area is 774 Å². The molecule has 17 heterocycles. The van der Waals surface area contributed by atoms with Crippen molar-refractivity contribution < 1.29 is 4.52 Å². The number of hydrogen-bond donors (Lipinski definition) is 0. The second-order valence-corrected chi connectivity index (χ2v) is 43.0. The number of nitrogens with zero attached hydrogens (tertiary/aromatic N) is 16. The maximum absolute atomic E-state index is 4.60. The van der Waals surface area contributed by atoms with E-state index in [1.807, 2.05) is 121 Å². The lowest BCUT2D eigenvalue weighted by atomic mass is 10.2. The fourth-order valence-electron chi connectivity index (χ4n) is 7.51. The average Bonchev–Trinajstić information content (AvgIpc) is 1.82. The first kappa shape index (κ1) is 110. The first-order valence-electron chi connectivity index (χ1n) is 37.2. The molecule has 0 bridgehead atoms. The van der Waals surface area contributed by atoms with Gasteiger partial charge in [-0.3, -0.25) is 0 Å². The molecule has 0 N–H and O–H groups in total. The fraction of sp³-hybridized carbons (Fsp3) is 0.395. The van der Waals surface area contributed by atoms with E-state index in [-0.39, 0.29) is 0 Å². The van der Waals surface area contributed by atoms with Crippen molar-refractivity contribution in [2.45, 2.75) is 235 Å². The molecular weight excluding hydrogens is 1790 g/mol. The molecule has 0 aliphatic heterocycles. The molecule has 17 aromatic rings. The van der Waals surface area contributed by atoms with Gasteiger partial charge in [-0.15, -0.1) is 101 Å². The fourth-order valence-corrected chi connectivity index (χ4v) is 17.7. The Kier molecular flexibility index (Phi) is 58.7. The molecule has 0 atom stereocenters. The Morgan fingerprint density at radius 2 is 0.765 bits per heavy atom. The second-order valence-electron chi connectivity index (χ2n) is 26.3. The lowest BCUT2D eigenvalue weighted by molar-refractivity contribution is 0.389. The van der Waals surface area contributed by atoms with Crippen LogP contribution in [0, 0.1) is 235 Å². The molecule has 0 amide bonds. The summed E-state index contributed by atoms with van der Waals surface area (Å²) in [5.74, 6) is 3.07. The number of aromatic nitrogens is 16. The summed E-state index contributed by atoms with van der Waals surface area (Å²) in [4.78, 5) is 33.7. The number of rotatable bonds is 0. The molecular formula is C86H120N16OS16. The topological polar surface area (TPSA) is 219 Å². The first-order chi connectivity index (χ1) is 56.0. The van der Waals surface area contributed by atoms with Crippen LogP contribution in [0.3, 0.4) is 0 Å². The minimum absolute atomic E-state index is 0.623. The number of thiophene rings is 6. The molecule has 0 radical (unpaired) electrons. The van der Waals surface area contributed by atoms with Crippen molar-refractivity contribution in [2.24, 2.45) is 0 Å². The highest BCUT2D eigenvalue weighted by Crippen LogP contribution is 2.18. The van der Waals surface area contributed by atoms with E-state index in [4.69, 9.17) is 0 Å². The third-order valence-corrected chi connectivity index (χ3v) is 27.9. The van der Waals surface area contributed by atoms with Crippen LogP contribution in [0.5, 0.6) is 0 Å². The van der Waals surface area contributed by atoms with E-state index < -0.39 is 0 Å². The monoisotopic (exact) mass is 1900 g/mol. The Hall–Kier alpha value is -6.64. The Morgan fingerprint density at radius 3 is 0.874 bits per heavy atom. The van der Waals surface area contributed by atoms with Crippen molar-refractivity contribution in [3.63, 3.8) is 0 Å². The highest BCUT2D eigenvalue weighted by atomic mass is 32.2. The van der Waals surface area contributed by atoms with Crippen LogP contribution in [0.4, 0.5) is 0 Å². The van der Waals surface area contributed by atoms with Gasteiger partial charge in [0.1, 0.15) is 31.7 Å². The van der Waals surface area contributed by atoms with Crippen LogP contribution in [0.25, 0.3) is 0 Å². The summed E-state index contributed by atoms with van der Waals surface area (Å²) in [7, 11) is 0. The Balaban J connectivity index is 0.000000632. The third-order valence-electron chi connectivity index (χ3n) is 14.3.